The number of halogens is 1. The highest BCUT2D eigenvalue weighted by Gasteiger charge is 2.19. The van der Waals surface area contributed by atoms with Gasteiger partial charge < -0.3 is 0 Å². The second kappa shape index (κ2) is 10.2. The first-order valence-electron chi connectivity index (χ1n) is 9.31. The van der Waals surface area contributed by atoms with Gasteiger partial charge in [0, 0.05) is 0 Å². The van der Waals surface area contributed by atoms with Gasteiger partial charge in [0.1, 0.15) is 0 Å². The van der Waals surface area contributed by atoms with Crippen LogP contribution in [0.5, 0.6) is 0 Å². The minimum atomic E-state index is -0.670. The normalized spacial score (nSPS) is 11.3. The summed E-state index contributed by atoms with van der Waals surface area (Å²) >= 11 is 0. The van der Waals surface area contributed by atoms with Crippen molar-refractivity contribution in [3.05, 3.63) is 126 Å². The van der Waals surface area contributed by atoms with Crippen molar-refractivity contribution in [1.29, 1.82) is 5.26 Å². The van der Waals surface area contributed by atoms with Gasteiger partial charge in [0.2, 0.25) is 0 Å². The fourth-order valence-electron chi connectivity index (χ4n) is 3.43. The predicted octanol–water partition coefficient (Wildman–Crippen LogP) is 5.68. The van der Waals surface area contributed by atoms with Crippen LogP contribution in [0.1, 0.15) is 17.0 Å². The van der Waals surface area contributed by atoms with Crippen molar-refractivity contribution >= 4 is 40.8 Å². The summed E-state index contributed by atoms with van der Waals surface area (Å²) in [6.07, 6.45) is 0. The van der Waals surface area contributed by atoms with Crippen LogP contribution < -0.4 is 15.9 Å². The lowest BCUT2D eigenvalue weighted by molar-refractivity contribution is 1.04. The summed E-state index contributed by atoms with van der Waals surface area (Å²) in [6, 6.07) is 42.3. The summed E-state index contributed by atoms with van der Waals surface area (Å²) < 4.78 is 0. The van der Waals surface area contributed by atoms with Crippen LogP contribution in [-0.4, -0.2) is 0 Å². The number of hydrogen-bond acceptors (Lipinski definition) is 1. The smallest absolute Gasteiger partial charge is 0.0963 e. The Bertz CT molecular complexity index is 1040. The molecule has 0 saturated heterocycles. The number of rotatable bonds is 5. The molecule has 1 nitrogen and oxygen atoms in total. The monoisotopic (exact) mass is 457 g/mol. The van der Waals surface area contributed by atoms with E-state index in [9.17, 15) is 5.26 Å². The molecule has 0 saturated carbocycles. The van der Waals surface area contributed by atoms with Gasteiger partial charge in [-0.1, -0.05) is 109 Å². The van der Waals surface area contributed by atoms with Gasteiger partial charge in [0.05, 0.1) is 12.0 Å². The van der Waals surface area contributed by atoms with Gasteiger partial charge in [-0.15, -0.1) is 17.0 Å². The molecule has 0 aliphatic carbocycles. The highest BCUT2D eigenvalue weighted by molar-refractivity contribution is 8.93. The second-order valence-corrected chi connectivity index (χ2v) is 8.79. The van der Waals surface area contributed by atoms with E-state index in [2.05, 4.69) is 91.0 Å². The average molecular weight is 458 g/mol. The van der Waals surface area contributed by atoms with Crippen LogP contribution in [0.2, 0.25) is 0 Å². The molecule has 0 radical (unpaired) electrons. The lowest BCUT2D eigenvalue weighted by atomic mass is 9.93. The van der Waals surface area contributed by atoms with E-state index >= 15 is 0 Å². The molecular formula is C26H21BrNP. The van der Waals surface area contributed by atoms with E-state index in [4.69, 9.17) is 0 Å². The zero-order chi connectivity index (χ0) is 19.2. The summed E-state index contributed by atoms with van der Waals surface area (Å²) in [6.45, 7) is 0. The number of nitrogens with zero attached hydrogens (tertiary/aromatic N) is 1. The van der Waals surface area contributed by atoms with E-state index in [1.807, 2.05) is 30.3 Å². The van der Waals surface area contributed by atoms with Crippen molar-refractivity contribution in [1.82, 2.24) is 0 Å². The summed E-state index contributed by atoms with van der Waals surface area (Å²) in [5.41, 5.74) is 2.08. The van der Waals surface area contributed by atoms with E-state index in [0.717, 1.165) is 11.1 Å². The third-order valence-corrected chi connectivity index (χ3v) is 7.18. The van der Waals surface area contributed by atoms with E-state index in [1.165, 1.54) is 15.9 Å². The van der Waals surface area contributed by atoms with Crippen LogP contribution >= 0.6 is 24.9 Å². The molecule has 0 spiro atoms. The Morgan fingerprint density at radius 2 is 1.00 bits per heavy atom. The van der Waals surface area contributed by atoms with Crippen LogP contribution in [0.25, 0.3) is 0 Å². The first kappa shape index (κ1) is 21.0. The number of nitriles is 1. The highest BCUT2D eigenvalue weighted by Crippen LogP contribution is 2.34. The fraction of sp³-hybridized carbons (Fsp3) is 0.0385. The molecule has 0 aliphatic heterocycles. The molecule has 1 unspecified atom stereocenters. The third-order valence-electron chi connectivity index (χ3n) is 4.75. The first-order chi connectivity index (χ1) is 13.9. The zero-order valence-electron chi connectivity index (χ0n) is 15.8. The summed E-state index contributed by atoms with van der Waals surface area (Å²) in [4.78, 5) is 0. The van der Waals surface area contributed by atoms with Gasteiger partial charge in [0.15, 0.2) is 0 Å². The van der Waals surface area contributed by atoms with Crippen molar-refractivity contribution < 1.29 is 0 Å². The van der Waals surface area contributed by atoms with Crippen LogP contribution in [0.3, 0.4) is 0 Å². The minimum Gasteiger partial charge on any atom is -0.197 e. The van der Waals surface area contributed by atoms with Gasteiger partial charge >= 0.3 is 0 Å². The lowest BCUT2D eigenvalue weighted by Gasteiger charge is -2.21. The topological polar surface area (TPSA) is 23.8 Å². The number of benzene rings is 4. The van der Waals surface area contributed by atoms with Crippen LogP contribution in [0.15, 0.2) is 115 Å². The zero-order valence-corrected chi connectivity index (χ0v) is 18.5. The summed E-state index contributed by atoms with van der Waals surface area (Å²) in [5, 5.41) is 13.7. The molecule has 0 aliphatic rings. The molecule has 0 aromatic heterocycles. The maximum absolute atomic E-state index is 9.85. The number of hydrogen-bond donors (Lipinski definition) is 0. The Labute approximate surface area is 184 Å². The molecule has 142 valence electrons. The van der Waals surface area contributed by atoms with Gasteiger partial charge in [-0.2, -0.15) is 5.26 Å². The molecule has 0 N–H and O–H groups in total. The van der Waals surface area contributed by atoms with Gasteiger partial charge in [-0.3, -0.25) is 0 Å². The van der Waals surface area contributed by atoms with E-state index in [0.29, 0.717) is 0 Å². The van der Waals surface area contributed by atoms with Crippen molar-refractivity contribution in [2.45, 2.75) is 5.92 Å². The molecule has 4 rings (SSSR count). The van der Waals surface area contributed by atoms with E-state index < -0.39 is 7.92 Å². The van der Waals surface area contributed by atoms with Crippen molar-refractivity contribution in [2.24, 2.45) is 0 Å². The standard InChI is InChI=1S/C26H20NP.BrH/c27-20-26(21-11-4-1-5-12-21)22-13-10-18-25(19-22)28(23-14-6-2-7-15-23)24-16-8-3-9-17-24;/h1-19,26H;1H. The second-order valence-electron chi connectivity index (χ2n) is 6.57. The highest BCUT2D eigenvalue weighted by atomic mass is 79.9. The van der Waals surface area contributed by atoms with Crippen LogP contribution in [0.4, 0.5) is 0 Å². The molecule has 29 heavy (non-hydrogen) atoms. The summed E-state index contributed by atoms with van der Waals surface area (Å²) in [5.74, 6) is -0.260. The predicted molar refractivity (Wildman–Crippen MR) is 129 cm³/mol. The Morgan fingerprint density at radius 1 is 0.552 bits per heavy atom. The first-order valence-corrected chi connectivity index (χ1v) is 10.7. The van der Waals surface area contributed by atoms with Crippen molar-refractivity contribution in [3.8, 4) is 6.07 Å². The largest absolute Gasteiger partial charge is 0.197 e. The molecule has 0 heterocycles. The van der Waals surface area contributed by atoms with E-state index in [-0.39, 0.29) is 22.9 Å². The Morgan fingerprint density at radius 3 is 1.52 bits per heavy atom. The molecule has 3 heteroatoms. The minimum absolute atomic E-state index is 0. The third kappa shape index (κ3) is 4.83. The van der Waals surface area contributed by atoms with Gasteiger partial charge in [-0.25, -0.2) is 0 Å². The summed E-state index contributed by atoms with van der Waals surface area (Å²) in [7, 11) is -0.670. The maximum atomic E-state index is 9.85. The maximum Gasteiger partial charge on any atom is 0.0963 e. The quantitative estimate of drug-likeness (QED) is 0.353. The Balaban J connectivity index is 0.00000240. The van der Waals surface area contributed by atoms with E-state index in [1.54, 1.807) is 0 Å². The SMILES string of the molecule is Br.N#CC(c1ccccc1)c1cccc(P(c2ccccc2)c2ccccc2)c1. The van der Waals surface area contributed by atoms with Gasteiger partial charge in [-0.05, 0) is 41.0 Å². The van der Waals surface area contributed by atoms with Crippen LogP contribution in [-0.2, 0) is 0 Å². The fourth-order valence-corrected chi connectivity index (χ4v) is 5.78. The van der Waals surface area contributed by atoms with Crippen molar-refractivity contribution in [2.75, 3.05) is 0 Å². The molecular weight excluding hydrogens is 437 g/mol. The lowest BCUT2D eigenvalue weighted by Crippen LogP contribution is -2.21. The molecule has 0 amide bonds. The van der Waals surface area contributed by atoms with Gasteiger partial charge in [0.25, 0.3) is 0 Å². The Hall–Kier alpha value is -2.72. The molecule has 0 fully saturated rings. The van der Waals surface area contributed by atoms with Crippen LogP contribution in [0, 0.1) is 11.3 Å². The molecule has 4 aromatic carbocycles. The van der Waals surface area contributed by atoms with Crippen molar-refractivity contribution in [3.63, 3.8) is 0 Å². The molecule has 0 bridgehead atoms. The molecule has 4 aromatic rings. The average Bonchev–Trinajstić information content (AvgIpc) is 2.77. The molecule has 1 atom stereocenters. The Kier molecular flexibility index (Phi) is 7.36.